The molecule has 2 aromatic carbocycles. The summed E-state index contributed by atoms with van der Waals surface area (Å²) in [4.78, 5) is 15.0. The lowest BCUT2D eigenvalue weighted by atomic mass is 10.1. The zero-order chi connectivity index (χ0) is 20.0. The molecular weight excluding hydrogens is 373 g/mol. The predicted octanol–water partition coefficient (Wildman–Crippen LogP) is 4.84. The number of benzene rings is 2. The highest BCUT2D eigenvalue weighted by molar-refractivity contribution is 5.88. The molecule has 8 heteroatoms. The Kier molecular flexibility index (Phi) is 5.98. The van der Waals surface area contributed by atoms with Crippen LogP contribution < -0.4 is 10.1 Å². The number of aryl methyl sites for hydroxylation is 1. The Labute approximate surface area is 159 Å². The molecule has 0 fully saturated rings. The first-order valence-electron chi connectivity index (χ1n) is 8.48. The summed E-state index contributed by atoms with van der Waals surface area (Å²) in [5, 5.41) is 2.21. The molecule has 3 aromatic rings. The van der Waals surface area contributed by atoms with Crippen molar-refractivity contribution in [3.63, 3.8) is 0 Å². The Bertz CT molecular complexity index is 906. The van der Waals surface area contributed by atoms with Crippen molar-refractivity contribution in [2.45, 2.75) is 25.6 Å². The van der Waals surface area contributed by atoms with Crippen LogP contribution in [-0.2, 0) is 24.0 Å². The van der Waals surface area contributed by atoms with E-state index in [1.165, 1.54) is 0 Å². The number of rotatable bonds is 7. The van der Waals surface area contributed by atoms with Gasteiger partial charge in [0.1, 0.15) is 18.6 Å². The molecule has 28 heavy (non-hydrogen) atoms. The topological polar surface area (TPSA) is 64.4 Å². The van der Waals surface area contributed by atoms with E-state index < -0.39 is 23.8 Å². The smallest absolute Gasteiger partial charge is 0.436 e. The number of nitrogens with zero attached hydrogens (tertiary/aromatic N) is 1. The molecule has 1 aromatic heterocycles. The minimum absolute atomic E-state index is 0.0773. The Morgan fingerprint density at radius 2 is 1.75 bits per heavy atom. The number of carbonyl (C=O) groups is 1. The lowest BCUT2D eigenvalue weighted by molar-refractivity contribution is -0.141. The van der Waals surface area contributed by atoms with Crippen LogP contribution >= 0.6 is 0 Å². The summed E-state index contributed by atoms with van der Waals surface area (Å²) in [5.74, 6) is 0.219. The van der Waals surface area contributed by atoms with E-state index in [9.17, 15) is 18.0 Å². The van der Waals surface area contributed by atoms with Crippen molar-refractivity contribution < 1.29 is 27.1 Å². The number of hydrogen-bond donors (Lipinski definition) is 1. The molecule has 0 saturated heterocycles. The van der Waals surface area contributed by atoms with Crippen molar-refractivity contribution in [1.29, 1.82) is 0 Å². The summed E-state index contributed by atoms with van der Waals surface area (Å²) in [6.07, 6.45) is -3.66. The van der Waals surface area contributed by atoms with Crippen LogP contribution in [0.4, 0.5) is 19.2 Å². The third-order valence-corrected chi connectivity index (χ3v) is 3.85. The number of amides is 1. The van der Waals surface area contributed by atoms with E-state index in [1.807, 2.05) is 42.5 Å². The van der Waals surface area contributed by atoms with Gasteiger partial charge in [-0.05, 0) is 29.7 Å². The van der Waals surface area contributed by atoms with Gasteiger partial charge in [0, 0.05) is 6.42 Å². The zero-order valence-electron chi connectivity index (χ0n) is 14.7. The van der Waals surface area contributed by atoms with E-state index in [-0.39, 0.29) is 6.42 Å². The fraction of sp³-hybridized carbons (Fsp3) is 0.200. The highest BCUT2D eigenvalue weighted by atomic mass is 19.4. The second-order valence-corrected chi connectivity index (χ2v) is 6.00. The molecule has 0 aliphatic carbocycles. The first kappa shape index (κ1) is 19.5. The van der Waals surface area contributed by atoms with E-state index >= 15 is 0 Å². The predicted molar refractivity (Wildman–Crippen MR) is 95.7 cm³/mol. The van der Waals surface area contributed by atoms with Crippen LogP contribution in [0.2, 0.25) is 0 Å². The van der Waals surface area contributed by atoms with Gasteiger partial charge in [0.2, 0.25) is 5.91 Å². The number of carbonyl (C=O) groups excluding carboxylic acids is 1. The van der Waals surface area contributed by atoms with Crippen LogP contribution in [-0.4, -0.2) is 10.9 Å². The van der Waals surface area contributed by atoms with Crippen molar-refractivity contribution in [2.24, 2.45) is 0 Å². The van der Waals surface area contributed by atoms with Crippen molar-refractivity contribution in [2.75, 3.05) is 5.32 Å². The molecule has 0 aliphatic heterocycles. The van der Waals surface area contributed by atoms with Gasteiger partial charge in [-0.2, -0.15) is 18.2 Å². The number of halogens is 3. The molecule has 5 nitrogen and oxygen atoms in total. The second kappa shape index (κ2) is 8.60. The molecule has 0 aliphatic rings. The van der Waals surface area contributed by atoms with Gasteiger partial charge in [0.25, 0.3) is 0 Å². The molecule has 0 saturated carbocycles. The summed E-state index contributed by atoms with van der Waals surface area (Å²) in [6.45, 7) is 0.457. The quantitative estimate of drug-likeness (QED) is 0.627. The third-order valence-electron chi connectivity index (χ3n) is 3.85. The molecule has 0 bridgehead atoms. The SMILES string of the molecule is O=C(CCc1ccc(OCc2ccccc2)cc1)Nc1nc(C(F)(F)F)co1. The molecule has 1 amide bonds. The van der Waals surface area contributed by atoms with Crippen molar-refractivity contribution in [3.05, 3.63) is 77.7 Å². The summed E-state index contributed by atoms with van der Waals surface area (Å²) in [7, 11) is 0. The number of ether oxygens (including phenoxy) is 1. The van der Waals surface area contributed by atoms with Gasteiger partial charge >= 0.3 is 12.2 Å². The Morgan fingerprint density at radius 3 is 2.39 bits per heavy atom. The maximum atomic E-state index is 12.4. The normalized spacial score (nSPS) is 11.2. The zero-order valence-corrected chi connectivity index (χ0v) is 14.7. The summed E-state index contributed by atoms with van der Waals surface area (Å²) in [5.41, 5.74) is 0.767. The number of aromatic nitrogens is 1. The van der Waals surface area contributed by atoms with E-state index in [0.717, 1.165) is 11.1 Å². The fourth-order valence-electron chi connectivity index (χ4n) is 2.39. The van der Waals surface area contributed by atoms with E-state index in [4.69, 9.17) is 4.74 Å². The maximum Gasteiger partial charge on any atom is 0.436 e. The molecule has 3 rings (SSSR count). The monoisotopic (exact) mass is 390 g/mol. The van der Waals surface area contributed by atoms with E-state index in [0.29, 0.717) is 25.0 Å². The van der Waals surface area contributed by atoms with Gasteiger partial charge in [-0.25, -0.2) is 0 Å². The summed E-state index contributed by atoms with van der Waals surface area (Å²) < 4.78 is 47.6. The van der Waals surface area contributed by atoms with Crippen LogP contribution in [0.1, 0.15) is 23.2 Å². The number of hydrogen-bond acceptors (Lipinski definition) is 4. The van der Waals surface area contributed by atoms with E-state index in [1.54, 1.807) is 12.1 Å². The van der Waals surface area contributed by atoms with Crippen LogP contribution in [0.5, 0.6) is 5.75 Å². The first-order chi connectivity index (χ1) is 13.4. The average Bonchev–Trinajstić information content (AvgIpc) is 3.15. The highest BCUT2D eigenvalue weighted by Crippen LogP contribution is 2.29. The molecule has 0 atom stereocenters. The van der Waals surface area contributed by atoms with Crippen molar-refractivity contribution in [1.82, 2.24) is 4.98 Å². The van der Waals surface area contributed by atoms with Gasteiger partial charge in [-0.1, -0.05) is 42.5 Å². The van der Waals surface area contributed by atoms with Gasteiger partial charge in [0.05, 0.1) is 0 Å². The number of anilines is 1. The highest BCUT2D eigenvalue weighted by Gasteiger charge is 2.35. The van der Waals surface area contributed by atoms with Gasteiger partial charge in [-0.3, -0.25) is 10.1 Å². The molecule has 146 valence electrons. The minimum Gasteiger partial charge on any atom is -0.489 e. The number of alkyl halides is 3. The van der Waals surface area contributed by atoms with Crippen LogP contribution in [0, 0.1) is 0 Å². The standard InChI is InChI=1S/C20H17F3N2O3/c21-20(22,23)17-13-28-19(24-17)25-18(26)11-8-14-6-9-16(10-7-14)27-12-15-4-2-1-3-5-15/h1-7,9-10,13H,8,11-12H2,(H,24,25,26). The number of oxazole rings is 1. The lowest BCUT2D eigenvalue weighted by Crippen LogP contribution is -2.13. The van der Waals surface area contributed by atoms with E-state index in [2.05, 4.69) is 14.7 Å². The van der Waals surface area contributed by atoms with Crippen LogP contribution in [0.25, 0.3) is 0 Å². The van der Waals surface area contributed by atoms with Crippen LogP contribution in [0.3, 0.4) is 0 Å². The molecule has 0 unspecified atom stereocenters. The molecule has 1 N–H and O–H groups in total. The Morgan fingerprint density at radius 1 is 1.04 bits per heavy atom. The largest absolute Gasteiger partial charge is 0.489 e. The lowest BCUT2D eigenvalue weighted by Gasteiger charge is -2.07. The summed E-state index contributed by atoms with van der Waals surface area (Å²) in [6, 6.07) is 16.6. The van der Waals surface area contributed by atoms with Gasteiger partial charge < -0.3 is 9.15 Å². The maximum absolute atomic E-state index is 12.4. The first-order valence-corrected chi connectivity index (χ1v) is 8.48. The molecule has 0 radical (unpaired) electrons. The number of nitrogens with one attached hydrogen (secondary N) is 1. The van der Waals surface area contributed by atoms with Gasteiger partial charge in [0.15, 0.2) is 5.69 Å². The molecule has 0 spiro atoms. The van der Waals surface area contributed by atoms with Crippen molar-refractivity contribution in [3.8, 4) is 5.75 Å². The molecule has 1 heterocycles. The Hall–Kier alpha value is -3.29. The second-order valence-electron chi connectivity index (χ2n) is 6.00. The average molecular weight is 390 g/mol. The molecular formula is C20H17F3N2O3. The van der Waals surface area contributed by atoms with Gasteiger partial charge in [-0.15, -0.1) is 0 Å². The van der Waals surface area contributed by atoms with Crippen molar-refractivity contribution >= 4 is 11.9 Å². The minimum atomic E-state index is -4.61. The fourth-order valence-corrected chi connectivity index (χ4v) is 2.39. The van der Waals surface area contributed by atoms with Crippen LogP contribution in [0.15, 0.2) is 65.3 Å². The Balaban J connectivity index is 1.45. The third kappa shape index (κ3) is 5.60. The summed E-state index contributed by atoms with van der Waals surface area (Å²) >= 11 is 0.